The normalized spacial score (nSPS) is 11.1. The first-order chi connectivity index (χ1) is 13.6. The molecule has 9 heteroatoms. The molecule has 3 rings (SSSR count). The fourth-order valence-corrected chi connectivity index (χ4v) is 2.46. The first-order valence-electron chi connectivity index (χ1n) is 8.74. The molecule has 1 heterocycles. The maximum Gasteiger partial charge on any atom is 0.261 e. The predicted octanol–water partition coefficient (Wildman–Crippen LogP) is 3.64. The van der Waals surface area contributed by atoms with Crippen LogP contribution in [-0.2, 0) is 10.1 Å². The predicted molar refractivity (Wildman–Crippen MR) is 116 cm³/mol. The summed E-state index contributed by atoms with van der Waals surface area (Å²) < 4.78 is 33.6. The highest BCUT2D eigenvalue weighted by molar-refractivity contribution is 7.85. The maximum absolute atomic E-state index is 9.19. The van der Waals surface area contributed by atoms with Crippen molar-refractivity contribution < 1.29 is 17.7 Å². The van der Waals surface area contributed by atoms with E-state index in [0.717, 1.165) is 23.4 Å². The molecule has 0 atom stereocenters. The third-order valence-corrected chi connectivity index (χ3v) is 3.89. The van der Waals surface area contributed by atoms with Crippen molar-refractivity contribution in [1.29, 1.82) is 0 Å². The van der Waals surface area contributed by atoms with E-state index in [1.165, 1.54) is 0 Å². The van der Waals surface area contributed by atoms with Gasteiger partial charge in [-0.2, -0.15) is 8.42 Å². The van der Waals surface area contributed by atoms with E-state index >= 15 is 0 Å². The lowest BCUT2D eigenvalue weighted by atomic mass is 10.1. The molecular formula is C20H24ClN3O4S. The van der Waals surface area contributed by atoms with Crippen molar-refractivity contribution in [2.75, 3.05) is 33.5 Å². The Morgan fingerprint density at radius 1 is 1.10 bits per heavy atom. The Labute approximate surface area is 176 Å². The number of aromatic nitrogens is 2. The molecule has 0 amide bonds. The average molecular weight is 438 g/mol. The van der Waals surface area contributed by atoms with E-state index in [-0.39, 0.29) is 0 Å². The van der Waals surface area contributed by atoms with Gasteiger partial charge in [-0.15, -0.1) is 5.10 Å². The van der Waals surface area contributed by atoms with Crippen LogP contribution in [0, 0.1) is 0 Å². The highest BCUT2D eigenvalue weighted by atomic mass is 35.5. The van der Waals surface area contributed by atoms with Gasteiger partial charge in [0.15, 0.2) is 0 Å². The summed E-state index contributed by atoms with van der Waals surface area (Å²) in [6.45, 7) is 1.42. The fraction of sp³-hybridized carbons (Fsp3) is 0.250. The molecule has 0 aliphatic carbocycles. The summed E-state index contributed by atoms with van der Waals surface area (Å²) in [4.78, 5) is 2.08. The van der Waals surface area contributed by atoms with Gasteiger partial charge in [0.25, 0.3) is 10.1 Å². The topological polar surface area (TPSA) is 84.7 Å². The number of nitrogens with zero attached hydrogens (tertiary/aromatic N) is 3. The molecule has 0 spiro atoms. The van der Waals surface area contributed by atoms with Crippen LogP contribution in [0.2, 0.25) is 5.02 Å². The van der Waals surface area contributed by atoms with Crippen LogP contribution in [0.3, 0.4) is 0 Å². The number of rotatable bonds is 6. The highest BCUT2D eigenvalue weighted by Crippen LogP contribution is 2.30. The molecule has 0 fully saturated rings. The summed E-state index contributed by atoms with van der Waals surface area (Å²) >= 11 is 5.97. The van der Waals surface area contributed by atoms with E-state index in [1.807, 2.05) is 67.4 Å². The van der Waals surface area contributed by atoms with Gasteiger partial charge in [-0.25, -0.2) is 4.68 Å². The van der Waals surface area contributed by atoms with E-state index in [1.54, 1.807) is 0 Å². The van der Waals surface area contributed by atoms with Gasteiger partial charge < -0.3 is 9.64 Å². The summed E-state index contributed by atoms with van der Waals surface area (Å²) in [6.07, 6.45) is 2.70. The molecule has 0 saturated carbocycles. The minimum absolute atomic E-state index is 0.588. The minimum atomic E-state index is -3.67. The molecule has 0 radical (unpaired) electrons. The SMILES string of the molecule is CN(C)CCOc1nn(-c2ccc(Cl)cc2)cc1-c1ccccc1.CS(=O)(=O)O. The Hall–Kier alpha value is -2.39. The first-order valence-corrected chi connectivity index (χ1v) is 11.0. The molecular weight excluding hydrogens is 414 g/mol. The number of halogens is 1. The molecule has 0 aliphatic heterocycles. The zero-order valence-electron chi connectivity index (χ0n) is 16.5. The van der Waals surface area contributed by atoms with Gasteiger partial charge in [0.05, 0.1) is 17.5 Å². The van der Waals surface area contributed by atoms with Crippen molar-refractivity contribution in [3.05, 3.63) is 65.8 Å². The Bertz CT molecular complexity index is 996. The van der Waals surface area contributed by atoms with Crippen LogP contribution in [0.5, 0.6) is 5.88 Å². The van der Waals surface area contributed by atoms with Gasteiger partial charge in [0, 0.05) is 17.8 Å². The van der Waals surface area contributed by atoms with Crippen molar-refractivity contribution in [3.63, 3.8) is 0 Å². The molecule has 1 aromatic heterocycles. The van der Waals surface area contributed by atoms with Gasteiger partial charge in [-0.05, 0) is 43.9 Å². The summed E-state index contributed by atoms with van der Waals surface area (Å²) in [5.41, 5.74) is 3.00. The number of benzene rings is 2. The molecule has 29 heavy (non-hydrogen) atoms. The van der Waals surface area contributed by atoms with Crippen LogP contribution in [0.4, 0.5) is 0 Å². The zero-order chi connectivity index (χ0) is 21.4. The summed E-state index contributed by atoms with van der Waals surface area (Å²) in [5.74, 6) is 0.637. The molecule has 0 saturated heterocycles. The summed E-state index contributed by atoms with van der Waals surface area (Å²) in [6, 6.07) is 17.7. The Morgan fingerprint density at radius 3 is 2.24 bits per heavy atom. The number of likely N-dealkylation sites (N-methyl/N-ethyl adjacent to an activating group) is 1. The van der Waals surface area contributed by atoms with Crippen molar-refractivity contribution >= 4 is 21.7 Å². The first kappa shape index (κ1) is 22.9. The van der Waals surface area contributed by atoms with Crippen LogP contribution in [0.15, 0.2) is 60.8 Å². The molecule has 0 bridgehead atoms. The number of hydrogen-bond donors (Lipinski definition) is 1. The lowest BCUT2D eigenvalue weighted by molar-refractivity contribution is 0.253. The molecule has 3 aromatic rings. The van der Waals surface area contributed by atoms with Gasteiger partial charge in [0.1, 0.15) is 6.61 Å². The van der Waals surface area contributed by atoms with Crippen molar-refractivity contribution in [2.45, 2.75) is 0 Å². The van der Waals surface area contributed by atoms with Crippen LogP contribution in [0.1, 0.15) is 0 Å². The van der Waals surface area contributed by atoms with Gasteiger partial charge >= 0.3 is 0 Å². The molecule has 7 nitrogen and oxygen atoms in total. The summed E-state index contributed by atoms with van der Waals surface area (Å²) in [5, 5.41) is 5.32. The van der Waals surface area contributed by atoms with Gasteiger partial charge in [-0.3, -0.25) is 4.55 Å². The lowest BCUT2D eigenvalue weighted by Crippen LogP contribution is -2.19. The third kappa shape index (κ3) is 8.25. The Balaban J connectivity index is 0.000000537. The minimum Gasteiger partial charge on any atom is -0.475 e. The molecule has 0 unspecified atom stereocenters. The molecule has 0 aliphatic rings. The number of ether oxygens (including phenoxy) is 1. The highest BCUT2D eigenvalue weighted by Gasteiger charge is 2.13. The van der Waals surface area contributed by atoms with E-state index in [2.05, 4.69) is 22.1 Å². The van der Waals surface area contributed by atoms with E-state index in [9.17, 15) is 8.42 Å². The van der Waals surface area contributed by atoms with Crippen LogP contribution in [0.25, 0.3) is 16.8 Å². The van der Waals surface area contributed by atoms with E-state index in [4.69, 9.17) is 20.9 Å². The number of hydrogen-bond acceptors (Lipinski definition) is 5. The van der Waals surface area contributed by atoms with Crippen molar-refractivity contribution in [3.8, 4) is 22.7 Å². The van der Waals surface area contributed by atoms with E-state index in [0.29, 0.717) is 23.8 Å². The zero-order valence-corrected chi connectivity index (χ0v) is 18.1. The quantitative estimate of drug-likeness (QED) is 0.592. The third-order valence-electron chi connectivity index (χ3n) is 3.63. The van der Waals surface area contributed by atoms with Crippen molar-refractivity contribution in [2.24, 2.45) is 0 Å². The monoisotopic (exact) mass is 437 g/mol. The lowest BCUT2D eigenvalue weighted by Gasteiger charge is -2.10. The van der Waals surface area contributed by atoms with E-state index < -0.39 is 10.1 Å². The van der Waals surface area contributed by atoms with Crippen LogP contribution < -0.4 is 4.74 Å². The Morgan fingerprint density at radius 2 is 1.69 bits per heavy atom. The second kappa shape index (κ2) is 10.4. The smallest absolute Gasteiger partial charge is 0.261 e. The van der Waals surface area contributed by atoms with Crippen LogP contribution in [-0.4, -0.2) is 61.2 Å². The molecule has 1 N–H and O–H groups in total. The van der Waals surface area contributed by atoms with Crippen molar-refractivity contribution in [1.82, 2.24) is 14.7 Å². The second-order valence-electron chi connectivity index (χ2n) is 6.52. The largest absolute Gasteiger partial charge is 0.475 e. The maximum atomic E-state index is 9.19. The van der Waals surface area contributed by atoms with Gasteiger partial charge in [-0.1, -0.05) is 41.9 Å². The molecule has 156 valence electrons. The van der Waals surface area contributed by atoms with Crippen LogP contribution >= 0.6 is 11.6 Å². The molecule has 2 aromatic carbocycles. The standard InChI is InChI=1S/C19H20ClN3O.CH4O3S/c1-22(2)12-13-24-19-18(15-6-4-3-5-7-15)14-23(21-19)17-10-8-16(20)9-11-17;1-5(2,3)4/h3-11,14H,12-13H2,1-2H3;1H3,(H,2,3,4). The van der Waals surface area contributed by atoms with Gasteiger partial charge in [0.2, 0.25) is 5.88 Å². The fourth-order valence-electron chi connectivity index (χ4n) is 2.33. The summed E-state index contributed by atoms with van der Waals surface area (Å²) in [7, 11) is 0.377. The average Bonchev–Trinajstić information content (AvgIpc) is 3.05. The Kier molecular flexibility index (Phi) is 8.21. The second-order valence-corrected chi connectivity index (χ2v) is 8.42.